The van der Waals surface area contributed by atoms with E-state index in [2.05, 4.69) is 26.1 Å². The first-order chi connectivity index (χ1) is 9.97. The number of benzene rings is 1. The highest BCUT2D eigenvalue weighted by atomic mass is 19.1. The van der Waals surface area contributed by atoms with Gasteiger partial charge in [-0.1, -0.05) is 33.3 Å². The standard InChI is InChI=1S/C19H30FN/c1-13(2)18-8-5-14(3)11-19(18)21-10-9-16-6-7-17(20)12-15(16)4/h6-7,12-14,18-19,21H,5,8-11H2,1-4H3. The molecule has 1 nitrogen and oxygen atoms in total. The zero-order valence-electron chi connectivity index (χ0n) is 14.0. The molecule has 1 aromatic carbocycles. The summed E-state index contributed by atoms with van der Waals surface area (Å²) in [4.78, 5) is 0. The zero-order chi connectivity index (χ0) is 15.4. The fourth-order valence-corrected chi connectivity index (χ4v) is 3.77. The second-order valence-electron chi connectivity index (χ2n) is 7.21. The smallest absolute Gasteiger partial charge is 0.123 e. The molecular weight excluding hydrogens is 261 g/mol. The van der Waals surface area contributed by atoms with Crippen LogP contribution in [0.4, 0.5) is 4.39 Å². The van der Waals surface area contributed by atoms with E-state index in [1.807, 2.05) is 13.0 Å². The Labute approximate surface area is 129 Å². The lowest BCUT2D eigenvalue weighted by atomic mass is 9.74. The summed E-state index contributed by atoms with van der Waals surface area (Å²) in [7, 11) is 0. The van der Waals surface area contributed by atoms with Crippen LogP contribution in [0.1, 0.15) is 51.2 Å². The van der Waals surface area contributed by atoms with Crippen molar-refractivity contribution in [1.82, 2.24) is 5.32 Å². The van der Waals surface area contributed by atoms with Gasteiger partial charge in [-0.3, -0.25) is 0 Å². The van der Waals surface area contributed by atoms with Crippen LogP contribution in [0.5, 0.6) is 0 Å². The van der Waals surface area contributed by atoms with Crippen molar-refractivity contribution in [2.45, 2.75) is 59.4 Å². The van der Waals surface area contributed by atoms with Crippen LogP contribution in [-0.4, -0.2) is 12.6 Å². The Morgan fingerprint density at radius 1 is 1.29 bits per heavy atom. The molecule has 1 fully saturated rings. The lowest BCUT2D eigenvalue weighted by molar-refractivity contribution is 0.171. The average Bonchev–Trinajstić information content (AvgIpc) is 2.41. The van der Waals surface area contributed by atoms with E-state index in [0.29, 0.717) is 6.04 Å². The summed E-state index contributed by atoms with van der Waals surface area (Å²) in [6.07, 6.45) is 5.01. The van der Waals surface area contributed by atoms with E-state index >= 15 is 0 Å². The van der Waals surface area contributed by atoms with Crippen LogP contribution in [-0.2, 0) is 6.42 Å². The first-order valence-corrected chi connectivity index (χ1v) is 8.45. The Kier molecular flexibility index (Phi) is 5.80. The largest absolute Gasteiger partial charge is 0.313 e. The minimum absolute atomic E-state index is 0.134. The van der Waals surface area contributed by atoms with Crippen LogP contribution in [0.2, 0.25) is 0 Å². The number of rotatable bonds is 5. The number of hydrogen-bond donors (Lipinski definition) is 1. The summed E-state index contributed by atoms with van der Waals surface area (Å²) >= 11 is 0. The van der Waals surface area contributed by atoms with Crippen molar-refractivity contribution in [1.29, 1.82) is 0 Å². The molecule has 0 radical (unpaired) electrons. The third kappa shape index (κ3) is 4.54. The molecule has 0 amide bonds. The van der Waals surface area contributed by atoms with E-state index in [0.717, 1.165) is 36.3 Å². The summed E-state index contributed by atoms with van der Waals surface area (Å²) in [5.74, 6) is 2.26. The molecule has 0 heterocycles. The second-order valence-corrected chi connectivity index (χ2v) is 7.21. The molecule has 0 aromatic heterocycles. The van der Waals surface area contributed by atoms with Gasteiger partial charge in [-0.25, -0.2) is 4.39 Å². The van der Waals surface area contributed by atoms with Gasteiger partial charge in [0, 0.05) is 6.04 Å². The molecule has 1 N–H and O–H groups in total. The fraction of sp³-hybridized carbons (Fsp3) is 0.684. The highest BCUT2D eigenvalue weighted by Gasteiger charge is 2.29. The Morgan fingerprint density at radius 3 is 2.71 bits per heavy atom. The van der Waals surface area contributed by atoms with Gasteiger partial charge in [0.1, 0.15) is 5.82 Å². The molecule has 1 aromatic rings. The SMILES string of the molecule is Cc1cc(F)ccc1CCNC1CC(C)CCC1C(C)C. The molecule has 2 rings (SSSR count). The van der Waals surface area contributed by atoms with Crippen molar-refractivity contribution in [2.75, 3.05) is 6.54 Å². The Balaban J connectivity index is 1.88. The maximum absolute atomic E-state index is 13.1. The predicted octanol–water partition coefficient (Wildman–Crippen LogP) is 4.73. The third-order valence-electron chi connectivity index (χ3n) is 5.13. The van der Waals surface area contributed by atoms with Crippen LogP contribution in [0.25, 0.3) is 0 Å². The summed E-state index contributed by atoms with van der Waals surface area (Å²) in [6.45, 7) is 10.1. The van der Waals surface area contributed by atoms with Gasteiger partial charge >= 0.3 is 0 Å². The molecule has 0 aliphatic heterocycles. The van der Waals surface area contributed by atoms with Gasteiger partial charge in [-0.2, -0.15) is 0 Å². The minimum atomic E-state index is -0.134. The van der Waals surface area contributed by atoms with Crippen molar-refractivity contribution in [3.05, 3.63) is 35.1 Å². The monoisotopic (exact) mass is 291 g/mol. The minimum Gasteiger partial charge on any atom is -0.313 e. The summed E-state index contributed by atoms with van der Waals surface area (Å²) in [5.41, 5.74) is 2.32. The Bertz CT molecular complexity index is 455. The average molecular weight is 291 g/mol. The topological polar surface area (TPSA) is 12.0 Å². The third-order valence-corrected chi connectivity index (χ3v) is 5.13. The molecule has 0 saturated heterocycles. The van der Waals surface area contributed by atoms with E-state index in [9.17, 15) is 4.39 Å². The second kappa shape index (κ2) is 7.40. The van der Waals surface area contributed by atoms with Crippen molar-refractivity contribution in [3.8, 4) is 0 Å². The molecule has 1 aliphatic carbocycles. The van der Waals surface area contributed by atoms with Gasteiger partial charge in [-0.15, -0.1) is 0 Å². The summed E-state index contributed by atoms with van der Waals surface area (Å²) in [5, 5.41) is 3.78. The van der Waals surface area contributed by atoms with Gasteiger partial charge in [0.05, 0.1) is 0 Å². The van der Waals surface area contributed by atoms with E-state index < -0.39 is 0 Å². The van der Waals surface area contributed by atoms with Crippen molar-refractivity contribution >= 4 is 0 Å². The molecule has 0 bridgehead atoms. The quantitative estimate of drug-likeness (QED) is 0.827. The van der Waals surface area contributed by atoms with Gasteiger partial charge < -0.3 is 5.32 Å². The summed E-state index contributed by atoms with van der Waals surface area (Å²) in [6, 6.07) is 5.78. The van der Waals surface area contributed by atoms with E-state index in [1.165, 1.54) is 24.8 Å². The normalized spacial score (nSPS) is 26.3. The first kappa shape index (κ1) is 16.5. The lowest BCUT2D eigenvalue weighted by Gasteiger charge is -2.38. The van der Waals surface area contributed by atoms with E-state index in [1.54, 1.807) is 12.1 Å². The number of hydrogen-bond acceptors (Lipinski definition) is 1. The Morgan fingerprint density at radius 2 is 2.05 bits per heavy atom. The molecule has 118 valence electrons. The number of nitrogens with one attached hydrogen (secondary N) is 1. The van der Waals surface area contributed by atoms with E-state index in [4.69, 9.17) is 0 Å². The fourth-order valence-electron chi connectivity index (χ4n) is 3.77. The van der Waals surface area contributed by atoms with Crippen LogP contribution in [0.15, 0.2) is 18.2 Å². The highest BCUT2D eigenvalue weighted by molar-refractivity contribution is 5.26. The van der Waals surface area contributed by atoms with Crippen LogP contribution in [0, 0.1) is 30.5 Å². The van der Waals surface area contributed by atoms with Gasteiger partial charge in [0.25, 0.3) is 0 Å². The Hall–Kier alpha value is -0.890. The van der Waals surface area contributed by atoms with Crippen LogP contribution in [0.3, 0.4) is 0 Å². The van der Waals surface area contributed by atoms with Gasteiger partial charge in [-0.05, 0) is 73.7 Å². The highest BCUT2D eigenvalue weighted by Crippen LogP contribution is 2.33. The maximum atomic E-state index is 13.1. The van der Waals surface area contributed by atoms with E-state index in [-0.39, 0.29) is 5.82 Å². The van der Waals surface area contributed by atoms with Crippen molar-refractivity contribution in [3.63, 3.8) is 0 Å². The van der Waals surface area contributed by atoms with Crippen LogP contribution >= 0.6 is 0 Å². The number of aryl methyl sites for hydroxylation is 1. The zero-order valence-corrected chi connectivity index (χ0v) is 14.0. The molecule has 1 aliphatic rings. The lowest BCUT2D eigenvalue weighted by Crippen LogP contribution is -2.43. The summed E-state index contributed by atoms with van der Waals surface area (Å²) < 4.78 is 13.1. The van der Waals surface area contributed by atoms with Gasteiger partial charge in [0.15, 0.2) is 0 Å². The predicted molar refractivity (Wildman–Crippen MR) is 88.0 cm³/mol. The molecule has 0 spiro atoms. The maximum Gasteiger partial charge on any atom is 0.123 e. The number of halogens is 1. The molecule has 21 heavy (non-hydrogen) atoms. The van der Waals surface area contributed by atoms with Crippen molar-refractivity contribution < 1.29 is 4.39 Å². The molecule has 2 heteroatoms. The van der Waals surface area contributed by atoms with Gasteiger partial charge in [0.2, 0.25) is 0 Å². The molecule has 3 atom stereocenters. The molecule has 3 unspecified atom stereocenters. The van der Waals surface area contributed by atoms with Crippen molar-refractivity contribution in [2.24, 2.45) is 17.8 Å². The first-order valence-electron chi connectivity index (χ1n) is 8.45. The van der Waals surface area contributed by atoms with Crippen LogP contribution < -0.4 is 5.32 Å². The molecule has 1 saturated carbocycles. The molecular formula is C19H30FN.